The lowest BCUT2D eigenvalue weighted by molar-refractivity contribution is -0.401. The van der Waals surface area contributed by atoms with Gasteiger partial charge >= 0.3 is 0 Å². The van der Waals surface area contributed by atoms with Crippen molar-refractivity contribution < 1.29 is 4.92 Å². The van der Waals surface area contributed by atoms with Crippen LogP contribution in [-0.4, -0.2) is 10.8 Å². The molecule has 0 heterocycles. The first kappa shape index (κ1) is 15.0. The van der Waals surface area contributed by atoms with Gasteiger partial charge in [0.05, 0.1) is 4.92 Å². The zero-order chi connectivity index (χ0) is 12.4. The second-order valence-electron chi connectivity index (χ2n) is 2.68. The van der Waals surface area contributed by atoms with E-state index in [1.165, 1.54) is 5.56 Å². The highest BCUT2D eigenvalue weighted by atomic mass is 35.5. The molecule has 16 heavy (non-hydrogen) atoms. The Bertz CT molecular complexity index is 330. The first-order valence-corrected chi connectivity index (χ1v) is 5.43. The van der Waals surface area contributed by atoms with E-state index in [1.54, 1.807) is 0 Å². The van der Waals surface area contributed by atoms with Gasteiger partial charge in [-0.05, 0) is 24.3 Å². The van der Waals surface area contributed by atoms with Crippen LogP contribution < -0.4 is 5.32 Å². The van der Waals surface area contributed by atoms with Crippen LogP contribution in [0.5, 0.6) is 0 Å². The minimum absolute atomic E-state index is 0.611. The zero-order valence-electron chi connectivity index (χ0n) is 8.60. The normalized spacial score (nSPS) is 8.88. The third-order valence-corrected chi connectivity index (χ3v) is 1.98. The van der Waals surface area contributed by atoms with E-state index in [2.05, 4.69) is 24.5 Å². The van der Waals surface area contributed by atoms with Crippen LogP contribution in [0.2, 0.25) is 5.02 Å². The summed E-state index contributed by atoms with van der Waals surface area (Å²) in [4.78, 5) is 8.44. The van der Waals surface area contributed by atoms with Crippen LogP contribution in [0, 0.1) is 10.1 Å². The van der Waals surface area contributed by atoms with Gasteiger partial charge < -0.3 is 5.32 Å². The first-order valence-electron chi connectivity index (χ1n) is 4.42. The van der Waals surface area contributed by atoms with Gasteiger partial charge in [-0.25, -0.2) is 0 Å². The molecule has 4 nitrogen and oxygen atoms in total. The molecule has 1 aromatic carbocycles. The maximum Gasteiger partial charge on any atom is 0.227 e. The fourth-order valence-electron chi connectivity index (χ4n) is 0.802. The summed E-state index contributed by atoms with van der Waals surface area (Å²) in [6.07, 6.45) is 0.639. The Kier molecular flexibility index (Phi) is 8.61. The number of hydrogen-bond acceptors (Lipinski definition) is 4. The smallest absolute Gasteiger partial charge is 0.227 e. The Hall–Kier alpha value is -1.04. The number of benzene rings is 1. The van der Waals surface area contributed by atoms with Gasteiger partial charge in [-0.2, -0.15) is 12.6 Å². The molecule has 0 unspecified atom stereocenters. The molecular weight excluding hydrogens is 248 g/mol. The summed E-state index contributed by atoms with van der Waals surface area (Å²) in [5, 5.41) is 12.9. The number of hydrogen-bond donors (Lipinski definition) is 2. The molecule has 0 spiro atoms. The van der Waals surface area contributed by atoms with Gasteiger partial charge in [0.15, 0.2) is 0 Å². The van der Waals surface area contributed by atoms with Gasteiger partial charge in [-0.3, -0.25) is 10.1 Å². The summed E-state index contributed by atoms with van der Waals surface area (Å²) in [5.41, 5.74) is 1.23. The highest BCUT2D eigenvalue weighted by Gasteiger charge is 1.90. The van der Waals surface area contributed by atoms with Crippen molar-refractivity contribution >= 4 is 24.2 Å². The summed E-state index contributed by atoms with van der Waals surface area (Å²) in [7, 11) is 0. The van der Waals surface area contributed by atoms with Crippen LogP contribution in [-0.2, 0) is 6.54 Å². The topological polar surface area (TPSA) is 55.2 Å². The molecule has 6 heteroatoms. The number of halogens is 1. The van der Waals surface area contributed by atoms with Gasteiger partial charge in [-0.15, -0.1) is 0 Å². The first-order chi connectivity index (χ1) is 7.60. The van der Waals surface area contributed by atoms with E-state index in [-0.39, 0.29) is 0 Å². The molecule has 0 amide bonds. The lowest BCUT2D eigenvalue weighted by atomic mass is 10.2. The van der Waals surface area contributed by atoms with E-state index in [1.807, 2.05) is 24.3 Å². The zero-order valence-corrected chi connectivity index (χ0v) is 10.2. The Morgan fingerprint density at radius 1 is 1.50 bits per heavy atom. The summed E-state index contributed by atoms with van der Waals surface area (Å²) >= 11 is 9.74. The minimum Gasteiger partial charge on any atom is -0.304 e. The monoisotopic (exact) mass is 260 g/mol. The Morgan fingerprint density at radius 3 is 2.38 bits per heavy atom. The molecule has 1 rings (SSSR count). The maximum absolute atomic E-state index is 9.06. The third kappa shape index (κ3) is 8.28. The highest BCUT2D eigenvalue weighted by molar-refractivity contribution is 7.80. The van der Waals surface area contributed by atoms with Crippen molar-refractivity contribution in [2.45, 2.75) is 6.54 Å². The second kappa shape index (κ2) is 9.21. The van der Waals surface area contributed by atoms with Gasteiger partial charge in [0.2, 0.25) is 6.20 Å². The predicted molar refractivity (Wildman–Crippen MR) is 69.3 cm³/mol. The van der Waals surface area contributed by atoms with Crippen LogP contribution in [0.25, 0.3) is 0 Å². The van der Waals surface area contributed by atoms with Crippen molar-refractivity contribution in [1.29, 1.82) is 0 Å². The average molecular weight is 261 g/mol. The van der Waals surface area contributed by atoms with Crippen molar-refractivity contribution in [2.75, 3.05) is 5.88 Å². The van der Waals surface area contributed by atoms with Crippen LogP contribution >= 0.6 is 24.2 Å². The summed E-state index contributed by atoms with van der Waals surface area (Å²) in [6, 6.07) is 7.77. The molecule has 0 saturated heterocycles. The fourth-order valence-corrected chi connectivity index (χ4v) is 1.04. The molecule has 1 aromatic rings. The van der Waals surface area contributed by atoms with Crippen molar-refractivity contribution in [2.24, 2.45) is 0 Å². The molecule has 1 N–H and O–H groups in total. The number of thiol groups is 1. The molecule has 0 aliphatic carbocycles. The molecule has 0 radical (unpaired) electrons. The molecule has 0 bridgehead atoms. The van der Waals surface area contributed by atoms with E-state index >= 15 is 0 Å². The number of rotatable bonds is 4. The lowest BCUT2D eigenvalue weighted by Gasteiger charge is -2.00. The van der Waals surface area contributed by atoms with Gasteiger partial charge in [0.25, 0.3) is 0 Å². The molecule has 0 fully saturated rings. The summed E-state index contributed by atoms with van der Waals surface area (Å²) in [5.74, 6) is 0.697. The van der Waals surface area contributed by atoms with E-state index in [0.29, 0.717) is 12.1 Å². The SMILES string of the molecule is C=C[N+](=O)[O-].SCNCc1ccc(Cl)cc1. The third-order valence-electron chi connectivity index (χ3n) is 1.50. The minimum atomic E-state index is -0.611. The van der Waals surface area contributed by atoms with Crippen molar-refractivity contribution in [3.63, 3.8) is 0 Å². The van der Waals surface area contributed by atoms with Gasteiger partial charge in [0.1, 0.15) is 0 Å². The van der Waals surface area contributed by atoms with E-state index in [9.17, 15) is 0 Å². The summed E-state index contributed by atoms with van der Waals surface area (Å²) < 4.78 is 0. The molecular formula is C10H13ClN2O2S. The van der Waals surface area contributed by atoms with Gasteiger partial charge in [0, 0.05) is 17.4 Å². The van der Waals surface area contributed by atoms with Crippen molar-refractivity contribution in [1.82, 2.24) is 5.32 Å². The fraction of sp³-hybridized carbons (Fsp3) is 0.200. The highest BCUT2D eigenvalue weighted by Crippen LogP contribution is 2.08. The molecule has 0 saturated carbocycles. The number of nitrogens with one attached hydrogen (secondary N) is 1. The number of nitrogens with zero attached hydrogens (tertiary/aromatic N) is 1. The Morgan fingerprint density at radius 2 is 2.00 bits per heavy atom. The molecule has 0 aliphatic heterocycles. The van der Waals surface area contributed by atoms with E-state index in [4.69, 9.17) is 21.7 Å². The van der Waals surface area contributed by atoms with Crippen LogP contribution in [0.15, 0.2) is 37.0 Å². The molecule has 0 aromatic heterocycles. The van der Waals surface area contributed by atoms with Gasteiger partial charge in [-0.1, -0.05) is 23.7 Å². The number of nitro groups is 1. The summed E-state index contributed by atoms with van der Waals surface area (Å²) in [6.45, 7) is 3.71. The van der Waals surface area contributed by atoms with Crippen molar-refractivity contribution in [3.05, 3.63) is 57.7 Å². The quantitative estimate of drug-likeness (QED) is 0.379. The van der Waals surface area contributed by atoms with Crippen LogP contribution in [0.3, 0.4) is 0 Å². The van der Waals surface area contributed by atoms with Crippen LogP contribution in [0.1, 0.15) is 5.56 Å². The standard InChI is InChI=1S/C8H10ClNS.C2H3NO2/c9-8-3-1-7(2-4-8)5-10-6-11;1-2-3(4)5/h1-4,10-11H,5-6H2;2H,1H2. The lowest BCUT2D eigenvalue weighted by Crippen LogP contribution is -2.09. The van der Waals surface area contributed by atoms with E-state index < -0.39 is 4.92 Å². The average Bonchev–Trinajstić information content (AvgIpc) is 2.29. The van der Waals surface area contributed by atoms with Crippen molar-refractivity contribution in [3.8, 4) is 0 Å². The second-order valence-corrected chi connectivity index (χ2v) is 3.43. The van der Waals surface area contributed by atoms with Crippen LogP contribution in [0.4, 0.5) is 0 Å². The Labute approximate surface area is 105 Å². The molecule has 88 valence electrons. The molecule has 0 aliphatic rings. The predicted octanol–water partition coefficient (Wildman–Crippen LogP) is 2.72. The largest absolute Gasteiger partial charge is 0.304 e. The maximum atomic E-state index is 9.06. The molecule has 0 atom stereocenters. The Balaban J connectivity index is 0.000000385. The van der Waals surface area contributed by atoms with E-state index in [0.717, 1.165) is 11.6 Å².